The van der Waals surface area contributed by atoms with Crippen molar-refractivity contribution >= 4 is 5.97 Å². The average molecular weight is 226 g/mol. The van der Waals surface area contributed by atoms with Crippen molar-refractivity contribution < 1.29 is 9.53 Å². The number of hydrogen-bond donors (Lipinski definition) is 0. The molecule has 1 atom stereocenters. The van der Waals surface area contributed by atoms with E-state index >= 15 is 0 Å². The number of esters is 1. The first kappa shape index (κ1) is 13.5. The van der Waals surface area contributed by atoms with Crippen LogP contribution in [0.3, 0.4) is 0 Å². The fraction of sp³-hybridized carbons (Fsp3) is 0.929. The molecule has 0 heterocycles. The van der Waals surface area contributed by atoms with Gasteiger partial charge < -0.3 is 4.74 Å². The van der Waals surface area contributed by atoms with Crippen LogP contribution in [0.2, 0.25) is 0 Å². The molecule has 1 saturated carbocycles. The summed E-state index contributed by atoms with van der Waals surface area (Å²) in [5.74, 6) is 1.36. The van der Waals surface area contributed by atoms with Gasteiger partial charge in [-0.3, -0.25) is 4.79 Å². The molecule has 1 aliphatic rings. The van der Waals surface area contributed by atoms with Crippen LogP contribution in [0.4, 0.5) is 0 Å². The van der Waals surface area contributed by atoms with Gasteiger partial charge in [0, 0.05) is 6.42 Å². The lowest BCUT2D eigenvalue weighted by Gasteiger charge is -2.29. The Balaban J connectivity index is 2.41. The van der Waals surface area contributed by atoms with Crippen molar-refractivity contribution in [1.82, 2.24) is 0 Å². The Labute approximate surface area is 99.8 Å². The summed E-state index contributed by atoms with van der Waals surface area (Å²) >= 11 is 0. The number of ether oxygens (including phenoxy) is 1. The van der Waals surface area contributed by atoms with Crippen molar-refractivity contribution in [2.45, 2.75) is 65.2 Å². The molecular formula is C14H26O2. The van der Waals surface area contributed by atoms with E-state index in [1.807, 2.05) is 6.92 Å². The van der Waals surface area contributed by atoms with Crippen LogP contribution in [-0.4, -0.2) is 12.6 Å². The Morgan fingerprint density at radius 2 is 1.94 bits per heavy atom. The quantitative estimate of drug-likeness (QED) is 0.641. The molecule has 0 radical (unpaired) electrons. The van der Waals surface area contributed by atoms with Crippen LogP contribution in [0.1, 0.15) is 65.2 Å². The van der Waals surface area contributed by atoms with E-state index in [0.29, 0.717) is 18.9 Å². The molecule has 0 bridgehead atoms. The maximum atomic E-state index is 11.5. The average Bonchev–Trinajstić information content (AvgIpc) is 2.30. The van der Waals surface area contributed by atoms with Crippen LogP contribution >= 0.6 is 0 Å². The van der Waals surface area contributed by atoms with Gasteiger partial charge in [0.1, 0.15) is 0 Å². The summed E-state index contributed by atoms with van der Waals surface area (Å²) in [5.41, 5.74) is 0. The third kappa shape index (κ3) is 4.54. The Hall–Kier alpha value is -0.530. The van der Waals surface area contributed by atoms with Gasteiger partial charge in [0.15, 0.2) is 0 Å². The zero-order valence-electron chi connectivity index (χ0n) is 10.8. The van der Waals surface area contributed by atoms with E-state index in [9.17, 15) is 4.79 Å². The van der Waals surface area contributed by atoms with E-state index in [2.05, 4.69) is 6.92 Å². The molecule has 1 rings (SSSR count). The molecule has 16 heavy (non-hydrogen) atoms. The molecule has 2 heteroatoms. The van der Waals surface area contributed by atoms with Gasteiger partial charge in [-0.05, 0) is 25.2 Å². The maximum Gasteiger partial charge on any atom is 0.306 e. The molecule has 1 fully saturated rings. The lowest BCUT2D eigenvalue weighted by atomic mass is 9.77. The van der Waals surface area contributed by atoms with E-state index < -0.39 is 0 Å². The number of hydrogen-bond acceptors (Lipinski definition) is 2. The molecule has 0 N–H and O–H groups in total. The lowest BCUT2D eigenvalue weighted by Crippen LogP contribution is -2.22. The standard InChI is InChI=1S/C14H26O2/c1-3-8-13(11-14(15)16-4-2)12-9-6-5-7-10-12/h12-13H,3-11H2,1-2H3/t13-/m0/s1. The highest BCUT2D eigenvalue weighted by Gasteiger charge is 2.25. The van der Waals surface area contributed by atoms with Crippen LogP contribution in [0.25, 0.3) is 0 Å². The van der Waals surface area contributed by atoms with E-state index in [4.69, 9.17) is 4.74 Å². The number of carbonyl (C=O) groups excluding carboxylic acids is 1. The zero-order valence-corrected chi connectivity index (χ0v) is 10.8. The van der Waals surface area contributed by atoms with Crippen LogP contribution in [0, 0.1) is 11.8 Å². The van der Waals surface area contributed by atoms with E-state index in [1.54, 1.807) is 0 Å². The molecule has 0 spiro atoms. The summed E-state index contributed by atoms with van der Waals surface area (Å²) in [6, 6.07) is 0. The molecule has 0 aromatic rings. The minimum atomic E-state index is 0.00604. The van der Waals surface area contributed by atoms with Gasteiger partial charge in [-0.15, -0.1) is 0 Å². The lowest BCUT2D eigenvalue weighted by molar-refractivity contribution is -0.144. The molecule has 0 unspecified atom stereocenters. The Kier molecular flexibility index (Phi) is 6.51. The predicted molar refractivity (Wildman–Crippen MR) is 66.2 cm³/mol. The minimum Gasteiger partial charge on any atom is -0.466 e. The van der Waals surface area contributed by atoms with Crippen molar-refractivity contribution in [3.05, 3.63) is 0 Å². The molecule has 1 aliphatic carbocycles. The molecule has 0 saturated heterocycles. The molecule has 0 aliphatic heterocycles. The highest BCUT2D eigenvalue weighted by Crippen LogP contribution is 2.34. The topological polar surface area (TPSA) is 26.3 Å². The third-order valence-electron chi connectivity index (χ3n) is 3.71. The summed E-state index contributed by atoms with van der Waals surface area (Å²) in [7, 11) is 0. The number of rotatable bonds is 6. The molecule has 94 valence electrons. The van der Waals surface area contributed by atoms with Crippen molar-refractivity contribution in [3.63, 3.8) is 0 Å². The zero-order chi connectivity index (χ0) is 11.8. The van der Waals surface area contributed by atoms with Crippen LogP contribution in [0.5, 0.6) is 0 Å². The first-order valence-corrected chi connectivity index (χ1v) is 6.93. The minimum absolute atomic E-state index is 0.00604. The second-order valence-electron chi connectivity index (χ2n) is 4.96. The SMILES string of the molecule is CCC[C@@H](CC(=O)OCC)C1CCCCC1. The van der Waals surface area contributed by atoms with Crippen molar-refractivity contribution in [2.75, 3.05) is 6.61 Å². The van der Waals surface area contributed by atoms with Crippen molar-refractivity contribution in [2.24, 2.45) is 11.8 Å². The van der Waals surface area contributed by atoms with Gasteiger partial charge >= 0.3 is 5.97 Å². The van der Waals surface area contributed by atoms with Gasteiger partial charge in [0.05, 0.1) is 6.61 Å². The van der Waals surface area contributed by atoms with Crippen molar-refractivity contribution in [3.8, 4) is 0 Å². The third-order valence-corrected chi connectivity index (χ3v) is 3.71. The Bertz CT molecular complexity index is 195. The fourth-order valence-corrected chi connectivity index (χ4v) is 2.91. The smallest absolute Gasteiger partial charge is 0.306 e. The van der Waals surface area contributed by atoms with Gasteiger partial charge in [-0.2, -0.15) is 0 Å². The Morgan fingerprint density at radius 1 is 1.25 bits per heavy atom. The second-order valence-corrected chi connectivity index (χ2v) is 4.96. The summed E-state index contributed by atoms with van der Waals surface area (Å²) < 4.78 is 5.07. The van der Waals surface area contributed by atoms with Crippen LogP contribution in [0.15, 0.2) is 0 Å². The molecule has 0 aromatic heterocycles. The molecular weight excluding hydrogens is 200 g/mol. The number of carbonyl (C=O) groups is 1. The van der Waals surface area contributed by atoms with Crippen molar-refractivity contribution in [1.29, 1.82) is 0 Å². The summed E-state index contributed by atoms with van der Waals surface area (Å²) in [6.07, 6.45) is 9.75. The van der Waals surface area contributed by atoms with Crippen LogP contribution < -0.4 is 0 Å². The summed E-state index contributed by atoms with van der Waals surface area (Å²) in [5, 5.41) is 0. The maximum absolute atomic E-state index is 11.5. The monoisotopic (exact) mass is 226 g/mol. The van der Waals surface area contributed by atoms with Gasteiger partial charge in [-0.1, -0.05) is 45.4 Å². The van der Waals surface area contributed by atoms with Gasteiger partial charge in [0.25, 0.3) is 0 Å². The Morgan fingerprint density at radius 3 is 2.50 bits per heavy atom. The second kappa shape index (κ2) is 7.70. The fourth-order valence-electron chi connectivity index (χ4n) is 2.91. The molecule has 0 aromatic carbocycles. The largest absolute Gasteiger partial charge is 0.466 e. The highest BCUT2D eigenvalue weighted by molar-refractivity contribution is 5.69. The first-order valence-electron chi connectivity index (χ1n) is 6.93. The predicted octanol–water partition coefficient (Wildman–Crippen LogP) is 3.94. The van der Waals surface area contributed by atoms with E-state index in [1.165, 1.54) is 44.9 Å². The molecule has 0 amide bonds. The summed E-state index contributed by atoms with van der Waals surface area (Å²) in [4.78, 5) is 11.5. The highest BCUT2D eigenvalue weighted by atomic mass is 16.5. The summed E-state index contributed by atoms with van der Waals surface area (Å²) in [6.45, 7) is 4.61. The van der Waals surface area contributed by atoms with E-state index in [0.717, 1.165) is 5.92 Å². The van der Waals surface area contributed by atoms with Gasteiger partial charge in [0.2, 0.25) is 0 Å². The van der Waals surface area contributed by atoms with Gasteiger partial charge in [-0.25, -0.2) is 0 Å². The normalized spacial score (nSPS) is 19.4. The first-order chi connectivity index (χ1) is 7.77. The van der Waals surface area contributed by atoms with Crippen LogP contribution in [-0.2, 0) is 9.53 Å². The molecule has 2 nitrogen and oxygen atoms in total. The van der Waals surface area contributed by atoms with E-state index in [-0.39, 0.29) is 5.97 Å².